The number of hydrogen-bond donors (Lipinski definition) is 0. The molecule has 0 aliphatic heterocycles. The molecule has 1 heterocycles. The third kappa shape index (κ3) is 3.36. The van der Waals surface area contributed by atoms with Crippen LogP contribution >= 0.6 is 0 Å². The molecule has 0 amide bonds. The summed E-state index contributed by atoms with van der Waals surface area (Å²) < 4.78 is 6.65. The summed E-state index contributed by atoms with van der Waals surface area (Å²) in [5, 5.41) is 2.35. The van der Waals surface area contributed by atoms with Gasteiger partial charge in [0.2, 0.25) is 0 Å². The van der Waals surface area contributed by atoms with E-state index in [1.807, 2.05) is 0 Å². The van der Waals surface area contributed by atoms with Crippen molar-refractivity contribution in [2.24, 2.45) is 11.8 Å². The molecule has 0 spiro atoms. The van der Waals surface area contributed by atoms with Crippen LogP contribution < -0.4 is 0 Å². The Bertz CT molecular complexity index is 2120. The van der Waals surface area contributed by atoms with Crippen LogP contribution in [-0.2, 0) is 0 Å². The second-order valence-corrected chi connectivity index (χ2v) is 11.3. The molecule has 0 fully saturated rings. The van der Waals surface area contributed by atoms with Crippen LogP contribution in [0.25, 0.3) is 49.8 Å². The van der Waals surface area contributed by atoms with Gasteiger partial charge in [0.15, 0.2) is 0 Å². The Morgan fingerprint density at radius 3 is 2.07 bits per heavy atom. The molecule has 192 valence electrons. The molecule has 2 atom stereocenters. The quantitative estimate of drug-likeness (QED) is 0.230. The maximum absolute atomic E-state index is 6.65. The van der Waals surface area contributed by atoms with E-state index in [1.54, 1.807) is 0 Å². The summed E-state index contributed by atoms with van der Waals surface area (Å²) in [4.78, 5) is 0. The zero-order chi connectivity index (χ0) is 26.9. The smallest absolute Gasteiger partial charge is 0.143 e. The zero-order valence-electron chi connectivity index (χ0n) is 22.4. The van der Waals surface area contributed by atoms with Crippen LogP contribution in [-0.4, -0.2) is 0 Å². The Morgan fingerprint density at radius 2 is 1.20 bits per heavy atom. The Balaban J connectivity index is 1.21. The minimum Gasteiger partial charge on any atom is -0.455 e. The number of rotatable bonds is 3. The highest BCUT2D eigenvalue weighted by Gasteiger charge is 2.38. The van der Waals surface area contributed by atoms with Gasteiger partial charge in [-0.05, 0) is 56.2 Å². The lowest BCUT2D eigenvalue weighted by Crippen LogP contribution is -2.29. The number of hydrogen-bond acceptors (Lipinski definition) is 1. The SMILES string of the molecule is C1=CC2=CC=C3C=CC(c4cccc5oc6c(-c7ccc(-c8ccccc8)cc7)cccc6c45)=C4C=CC(=C1)C2C34. The molecule has 0 bridgehead atoms. The van der Waals surface area contributed by atoms with E-state index in [9.17, 15) is 0 Å². The third-order valence-corrected chi connectivity index (χ3v) is 9.12. The topological polar surface area (TPSA) is 13.1 Å². The molecule has 9 rings (SSSR count). The molecule has 5 aromatic rings. The normalized spacial score (nSPS) is 20.2. The lowest BCUT2D eigenvalue weighted by atomic mass is 9.63. The molecule has 41 heavy (non-hydrogen) atoms. The summed E-state index contributed by atoms with van der Waals surface area (Å²) in [6.07, 6.45) is 20.6. The fourth-order valence-electron chi connectivity index (χ4n) is 7.22. The minimum absolute atomic E-state index is 0.350. The van der Waals surface area contributed by atoms with Gasteiger partial charge in [-0.3, -0.25) is 0 Å². The summed E-state index contributed by atoms with van der Waals surface area (Å²) in [5.41, 5.74) is 14.7. The highest BCUT2D eigenvalue weighted by atomic mass is 16.3. The highest BCUT2D eigenvalue weighted by molar-refractivity contribution is 6.14. The molecule has 0 radical (unpaired) electrons. The van der Waals surface area contributed by atoms with Crippen LogP contribution in [0.4, 0.5) is 0 Å². The van der Waals surface area contributed by atoms with E-state index in [0.29, 0.717) is 11.8 Å². The second-order valence-electron chi connectivity index (χ2n) is 11.3. The van der Waals surface area contributed by atoms with E-state index in [-0.39, 0.29) is 0 Å². The van der Waals surface area contributed by atoms with Crippen LogP contribution in [0.1, 0.15) is 5.56 Å². The lowest BCUT2D eigenvalue weighted by Gasteiger charge is -2.40. The van der Waals surface area contributed by atoms with Gasteiger partial charge < -0.3 is 4.42 Å². The van der Waals surface area contributed by atoms with Gasteiger partial charge in [0, 0.05) is 28.2 Å². The molecule has 1 heteroatoms. The molecule has 0 N–H and O–H groups in total. The largest absolute Gasteiger partial charge is 0.455 e. The van der Waals surface area contributed by atoms with Gasteiger partial charge in [0.25, 0.3) is 0 Å². The molecule has 0 saturated carbocycles. The van der Waals surface area contributed by atoms with Gasteiger partial charge in [-0.1, -0.05) is 140 Å². The first kappa shape index (κ1) is 22.7. The molecule has 1 aromatic heterocycles. The predicted molar refractivity (Wildman–Crippen MR) is 170 cm³/mol. The first-order chi connectivity index (χ1) is 20.3. The fourth-order valence-corrected chi connectivity index (χ4v) is 7.22. The van der Waals surface area contributed by atoms with Crippen molar-refractivity contribution in [1.29, 1.82) is 0 Å². The molecule has 4 aliphatic carbocycles. The number of furan rings is 1. The van der Waals surface area contributed by atoms with E-state index in [2.05, 4.69) is 146 Å². The monoisotopic (exact) mass is 522 g/mol. The summed E-state index contributed by atoms with van der Waals surface area (Å²) in [7, 11) is 0. The maximum atomic E-state index is 6.65. The number of fused-ring (bicyclic) bond motifs is 3. The molecule has 0 saturated heterocycles. The van der Waals surface area contributed by atoms with Gasteiger partial charge in [0.05, 0.1) is 0 Å². The molecular formula is C40H26O. The summed E-state index contributed by atoms with van der Waals surface area (Å²) in [6.45, 7) is 0. The van der Waals surface area contributed by atoms with Crippen LogP contribution in [0.3, 0.4) is 0 Å². The van der Waals surface area contributed by atoms with Crippen LogP contribution in [0, 0.1) is 11.8 Å². The fraction of sp³-hybridized carbons (Fsp3) is 0.0500. The van der Waals surface area contributed by atoms with Crippen molar-refractivity contribution in [1.82, 2.24) is 0 Å². The minimum atomic E-state index is 0.350. The summed E-state index contributed by atoms with van der Waals surface area (Å²) in [6, 6.07) is 32.4. The number of para-hydroxylation sites is 1. The first-order valence-corrected chi connectivity index (χ1v) is 14.3. The van der Waals surface area contributed by atoms with Crippen LogP contribution in [0.2, 0.25) is 0 Å². The van der Waals surface area contributed by atoms with Gasteiger partial charge in [-0.25, -0.2) is 0 Å². The van der Waals surface area contributed by atoms with Crippen molar-refractivity contribution in [3.05, 3.63) is 174 Å². The van der Waals surface area contributed by atoms with Gasteiger partial charge >= 0.3 is 0 Å². The van der Waals surface area contributed by atoms with Gasteiger partial charge in [-0.2, -0.15) is 0 Å². The van der Waals surface area contributed by atoms with E-state index in [4.69, 9.17) is 4.42 Å². The Kier molecular flexibility index (Phi) is 4.80. The highest BCUT2D eigenvalue weighted by Crippen LogP contribution is 2.52. The summed E-state index contributed by atoms with van der Waals surface area (Å²) in [5.74, 6) is 0.744. The van der Waals surface area contributed by atoms with Crippen LogP contribution in [0.5, 0.6) is 0 Å². The standard InChI is InChI=1S/C40H26O/c1-2-7-25(8-3-1)26-15-17-27(18-16-26)31-11-5-13-35-39-33(12-6-14-36(39)41-40(31)35)32-23-21-30-20-19-28-9-4-10-29-22-24-34(32)38(30)37(28)29/h1-24,37-38H. The maximum Gasteiger partial charge on any atom is 0.143 e. The molecule has 4 aromatic carbocycles. The van der Waals surface area contributed by atoms with E-state index < -0.39 is 0 Å². The second kappa shape index (κ2) is 8.68. The molecular weight excluding hydrogens is 496 g/mol. The van der Waals surface area contributed by atoms with E-state index in [0.717, 1.165) is 27.7 Å². The summed E-state index contributed by atoms with van der Waals surface area (Å²) >= 11 is 0. The van der Waals surface area contributed by atoms with Crippen molar-refractivity contribution in [3.63, 3.8) is 0 Å². The number of allylic oxidation sites excluding steroid dienone is 14. The van der Waals surface area contributed by atoms with Crippen molar-refractivity contribution in [3.8, 4) is 22.3 Å². The average Bonchev–Trinajstić information content (AvgIpc) is 3.43. The van der Waals surface area contributed by atoms with E-state index >= 15 is 0 Å². The van der Waals surface area contributed by atoms with E-state index in [1.165, 1.54) is 49.9 Å². The van der Waals surface area contributed by atoms with Crippen LogP contribution in [0.15, 0.2) is 172 Å². The van der Waals surface area contributed by atoms with Crippen molar-refractivity contribution < 1.29 is 4.42 Å². The molecule has 2 unspecified atom stereocenters. The zero-order valence-corrected chi connectivity index (χ0v) is 22.4. The Labute approximate surface area is 239 Å². The average molecular weight is 523 g/mol. The van der Waals surface area contributed by atoms with Crippen molar-refractivity contribution in [2.75, 3.05) is 0 Å². The third-order valence-electron chi connectivity index (χ3n) is 9.12. The number of benzene rings is 4. The predicted octanol–water partition coefficient (Wildman–Crippen LogP) is 10.4. The Hall–Kier alpha value is -5.14. The van der Waals surface area contributed by atoms with Crippen molar-refractivity contribution >= 4 is 27.5 Å². The first-order valence-electron chi connectivity index (χ1n) is 14.3. The van der Waals surface area contributed by atoms with Crippen molar-refractivity contribution in [2.45, 2.75) is 0 Å². The van der Waals surface area contributed by atoms with Gasteiger partial charge in [0.1, 0.15) is 11.2 Å². The Morgan fingerprint density at radius 1 is 0.488 bits per heavy atom. The molecule has 1 nitrogen and oxygen atoms in total. The lowest BCUT2D eigenvalue weighted by molar-refractivity contribution is 0.566. The van der Waals surface area contributed by atoms with Gasteiger partial charge in [-0.15, -0.1) is 0 Å². The molecule has 4 aliphatic rings.